The minimum absolute atomic E-state index is 0.0414. The molecule has 0 aromatic carbocycles. The van der Waals surface area contributed by atoms with E-state index in [2.05, 4.69) is 18.0 Å². The van der Waals surface area contributed by atoms with E-state index in [1.54, 1.807) is 0 Å². The third kappa shape index (κ3) is 27.4. The molecule has 316 valence electrons. The van der Waals surface area contributed by atoms with Crippen molar-refractivity contribution in [2.45, 2.75) is 224 Å². The zero-order valence-corrected chi connectivity index (χ0v) is 34.2. The number of carbonyl (C=O) groups is 1. The summed E-state index contributed by atoms with van der Waals surface area (Å²) in [6.07, 6.45) is 23.2. The number of aliphatic hydroxyl groups is 3. The molecular formula is C40H78O12S. The zero-order valence-electron chi connectivity index (χ0n) is 33.3. The van der Waals surface area contributed by atoms with Crippen LogP contribution in [0.4, 0.5) is 0 Å². The van der Waals surface area contributed by atoms with E-state index in [1.165, 1.54) is 122 Å². The van der Waals surface area contributed by atoms with Crippen LogP contribution >= 0.6 is 0 Å². The molecule has 1 saturated heterocycles. The Morgan fingerprint density at radius 3 is 1.51 bits per heavy atom. The Kier molecular flexibility index (Phi) is 31.5. The zero-order chi connectivity index (χ0) is 39.0. The molecule has 0 saturated carbocycles. The average Bonchev–Trinajstić information content (AvgIpc) is 3.12. The van der Waals surface area contributed by atoms with Crippen LogP contribution in [-0.4, -0.2) is 97.5 Å². The molecule has 0 amide bonds. The highest BCUT2D eigenvalue weighted by atomic mass is 32.3. The molecule has 1 heterocycles. The predicted molar refractivity (Wildman–Crippen MR) is 207 cm³/mol. The van der Waals surface area contributed by atoms with Crippen LogP contribution in [0.1, 0.15) is 187 Å². The Morgan fingerprint density at radius 1 is 0.642 bits per heavy atom. The van der Waals surface area contributed by atoms with E-state index in [0.29, 0.717) is 13.0 Å². The molecule has 0 bridgehead atoms. The number of unbranched alkanes of at least 4 members (excludes halogenated alkanes) is 24. The van der Waals surface area contributed by atoms with Gasteiger partial charge < -0.3 is 34.3 Å². The molecule has 12 nitrogen and oxygen atoms in total. The van der Waals surface area contributed by atoms with Crippen LogP contribution in [-0.2, 0) is 38.3 Å². The van der Waals surface area contributed by atoms with Crippen molar-refractivity contribution >= 4 is 16.4 Å². The molecule has 13 heteroatoms. The second-order valence-corrected chi connectivity index (χ2v) is 16.0. The lowest BCUT2D eigenvalue weighted by molar-refractivity contribution is -0.301. The molecule has 6 atom stereocenters. The van der Waals surface area contributed by atoms with Crippen molar-refractivity contribution in [2.75, 3.05) is 26.4 Å². The Morgan fingerprint density at radius 2 is 1.08 bits per heavy atom. The van der Waals surface area contributed by atoms with Gasteiger partial charge in [-0.05, 0) is 12.8 Å². The van der Waals surface area contributed by atoms with Crippen LogP contribution in [0, 0.1) is 0 Å². The largest absolute Gasteiger partial charge is 0.457 e. The van der Waals surface area contributed by atoms with E-state index in [1.807, 2.05) is 0 Å². The molecule has 0 aromatic heterocycles. The van der Waals surface area contributed by atoms with Gasteiger partial charge >= 0.3 is 16.4 Å². The third-order valence-electron chi connectivity index (χ3n) is 9.98. The van der Waals surface area contributed by atoms with Crippen LogP contribution in [0.5, 0.6) is 0 Å². The lowest BCUT2D eigenvalue weighted by Crippen LogP contribution is -2.60. The summed E-state index contributed by atoms with van der Waals surface area (Å²) < 4.78 is 58.7. The van der Waals surface area contributed by atoms with Gasteiger partial charge in [-0.3, -0.25) is 9.35 Å². The summed E-state index contributed by atoms with van der Waals surface area (Å²) in [5, 5.41) is 30.5. The van der Waals surface area contributed by atoms with Crippen molar-refractivity contribution in [2.24, 2.45) is 0 Å². The highest BCUT2D eigenvalue weighted by molar-refractivity contribution is 7.80. The first-order valence-corrected chi connectivity index (χ1v) is 22.7. The summed E-state index contributed by atoms with van der Waals surface area (Å²) in [4.78, 5) is 12.8. The molecule has 0 radical (unpaired) electrons. The maximum absolute atomic E-state index is 12.8. The van der Waals surface area contributed by atoms with Gasteiger partial charge in [0, 0.05) is 13.0 Å². The molecule has 0 aromatic rings. The van der Waals surface area contributed by atoms with Gasteiger partial charge in [-0.2, -0.15) is 8.42 Å². The minimum atomic E-state index is -5.05. The summed E-state index contributed by atoms with van der Waals surface area (Å²) >= 11 is 0. The van der Waals surface area contributed by atoms with E-state index >= 15 is 0 Å². The summed E-state index contributed by atoms with van der Waals surface area (Å²) in [5.74, 6) is -0.398. The van der Waals surface area contributed by atoms with Crippen molar-refractivity contribution in [3.8, 4) is 0 Å². The van der Waals surface area contributed by atoms with E-state index in [0.717, 1.165) is 38.5 Å². The van der Waals surface area contributed by atoms with Crippen LogP contribution in [0.3, 0.4) is 0 Å². The van der Waals surface area contributed by atoms with Crippen molar-refractivity contribution in [3.63, 3.8) is 0 Å². The molecule has 1 rings (SSSR count). The standard InChI is InChI=1S/C40H78O12S/c1-3-5-7-9-11-12-13-14-15-16-17-18-19-20-21-22-23-24-25-27-29-36(42)50-34(32-48-30-28-26-10-8-6-4-2)33-49-40-38(44)39(52-53(45,46)47)37(43)35(31-41)51-40/h34-35,37-41,43-44H,3-33H2,1-2H3,(H,45,46,47). The number of carbonyl (C=O) groups excluding carboxylic acids is 1. The van der Waals surface area contributed by atoms with Gasteiger partial charge in [0.25, 0.3) is 0 Å². The second kappa shape index (κ2) is 33.3. The molecule has 1 aliphatic heterocycles. The fraction of sp³-hybridized carbons (Fsp3) is 0.975. The number of aliphatic hydroxyl groups excluding tert-OH is 3. The summed E-state index contributed by atoms with van der Waals surface area (Å²) in [6.45, 7) is 3.95. The summed E-state index contributed by atoms with van der Waals surface area (Å²) in [7, 11) is -5.05. The summed E-state index contributed by atoms with van der Waals surface area (Å²) in [5.41, 5.74) is 0. The Bertz CT molecular complexity index is 952. The van der Waals surface area contributed by atoms with Gasteiger partial charge in [-0.1, -0.05) is 168 Å². The van der Waals surface area contributed by atoms with Crippen LogP contribution in [0.25, 0.3) is 0 Å². The fourth-order valence-corrected chi connectivity index (χ4v) is 7.24. The highest BCUT2D eigenvalue weighted by Crippen LogP contribution is 2.26. The molecule has 4 N–H and O–H groups in total. The Labute approximate surface area is 322 Å². The third-order valence-corrected chi connectivity index (χ3v) is 10.4. The van der Waals surface area contributed by atoms with E-state index < -0.39 is 59.8 Å². The van der Waals surface area contributed by atoms with Crippen molar-refractivity contribution in [1.82, 2.24) is 0 Å². The molecule has 6 unspecified atom stereocenters. The second-order valence-electron chi connectivity index (χ2n) is 15.0. The first kappa shape index (κ1) is 50.1. The predicted octanol–water partition coefficient (Wildman–Crippen LogP) is 8.13. The van der Waals surface area contributed by atoms with Crippen LogP contribution in [0.15, 0.2) is 0 Å². The van der Waals surface area contributed by atoms with E-state index in [-0.39, 0.29) is 19.6 Å². The number of hydrogen-bond donors (Lipinski definition) is 4. The Balaban J connectivity index is 2.31. The Hall–Kier alpha value is -0.900. The van der Waals surface area contributed by atoms with Crippen LogP contribution in [0.2, 0.25) is 0 Å². The SMILES string of the molecule is CCCCCCCCCCCCCCCCCCCCCCC(=O)OC(COCCCCCCCC)COC1OC(CO)C(O)C(OS(=O)(=O)O)C1O. The van der Waals surface area contributed by atoms with Crippen molar-refractivity contribution in [1.29, 1.82) is 0 Å². The lowest BCUT2D eigenvalue weighted by Gasteiger charge is -2.41. The highest BCUT2D eigenvalue weighted by Gasteiger charge is 2.48. The number of rotatable bonds is 37. The smallest absolute Gasteiger partial charge is 0.397 e. The maximum Gasteiger partial charge on any atom is 0.397 e. The molecule has 0 aliphatic carbocycles. The molecule has 53 heavy (non-hydrogen) atoms. The number of ether oxygens (including phenoxy) is 4. The number of esters is 1. The minimum Gasteiger partial charge on any atom is -0.457 e. The number of hydrogen-bond acceptors (Lipinski definition) is 11. The van der Waals surface area contributed by atoms with E-state index in [9.17, 15) is 28.5 Å². The van der Waals surface area contributed by atoms with Gasteiger partial charge in [0.1, 0.15) is 30.5 Å². The molecule has 1 fully saturated rings. The van der Waals surface area contributed by atoms with Gasteiger partial charge in [0.05, 0.1) is 19.8 Å². The first-order chi connectivity index (χ1) is 25.6. The first-order valence-electron chi connectivity index (χ1n) is 21.3. The average molecular weight is 783 g/mol. The lowest BCUT2D eigenvalue weighted by atomic mass is 9.99. The van der Waals surface area contributed by atoms with Crippen molar-refractivity contribution < 1.29 is 56.2 Å². The van der Waals surface area contributed by atoms with E-state index in [4.69, 9.17) is 23.5 Å². The van der Waals surface area contributed by atoms with Gasteiger partial charge in [-0.15, -0.1) is 0 Å². The van der Waals surface area contributed by atoms with Gasteiger partial charge in [0.15, 0.2) is 6.29 Å². The van der Waals surface area contributed by atoms with Gasteiger partial charge in [0.2, 0.25) is 0 Å². The maximum atomic E-state index is 12.8. The van der Waals surface area contributed by atoms with Gasteiger partial charge in [-0.25, -0.2) is 4.18 Å². The quantitative estimate of drug-likeness (QED) is 0.0271. The topological polar surface area (TPSA) is 178 Å². The molecule has 0 spiro atoms. The normalized spacial score (nSPS) is 21.2. The monoisotopic (exact) mass is 783 g/mol. The fourth-order valence-electron chi connectivity index (χ4n) is 6.73. The van der Waals surface area contributed by atoms with Crippen LogP contribution < -0.4 is 0 Å². The van der Waals surface area contributed by atoms with Crippen molar-refractivity contribution in [3.05, 3.63) is 0 Å². The molecular weight excluding hydrogens is 704 g/mol. The molecule has 1 aliphatic rings. The summed E-state index contributed by atoms with van der Waals surface area (Å²) in [6, 6.07) is 0.